The summed E-state index contributed by atoms with van der Waals surface area (Å²) in [6.45, 7) is 7.36. The Hall–Kier alpha value is -1.82. The highest BCUT2D eigenvalue weighted by Crippen LogP contribution is 2.14. The maximum Gasteiger partial charge on any atom is 0.228 e. The smallest absolute Gasteiger partial charge is 0.228 e. The van der Waals surface area contributed by atoms with Crippen LogP contribution in [-0.2, 0) is 6.42 Å². The van der Waals surface area contributed by atoms with Crippen molar-refractivity contribution in [2.45, 2.75) is 33.2 Å². The van der Waals surface area contributed by atoms with Crippen molar-refractivity contribution in [3.63, 3.8) is 0 Å². The Kier molecular flexibility index (Phi) is 4.57. The second-order valence-corrected chi connectivity index (χ2v) is 4.71. The molecule has 0 radical (unpaired) electrons. The minimum absolute atomic E-state index is 0.333. The molecule has 0 fully saturated rings. The standard InChI is InChI=1S/C13H19N5O/c1-4-15-10(9(2)3)7-12-17-13(18-19-12)11-8-14-5-6-16-11/h5-6,8-10,15H,4,7H2,1-3H3. The summed E-state index contributed by atoms with van der Waals surface area (Å²) in [6.07, 6.45) is 5.57. The Labute approximate surface area is 112 Å². The molecule has 102 valence electrons. The first-order valence-electron chi connectivity index (χ1n) is 6.53. The fourth-order valence-electron chi connectivity index (χ4n) is 1.85. The predicted octanol–water partition coefficient (Wildman–Crippen LogP) is 1.70. The molecule has 2 aromatic heterocycles. The van der Waals surface area contributed by atoms with Crippen molar-refractivity contribution in [2.75, 3.05) is 6.54 Å². The molecule has 6 heteroatoms. The summed E-state index contributed by atoms with van der Waals surface area (Å²) in [5.74, 6) is 1.62. The molecule has 0 aromatic carbocycles. The van der Waals surface area contributed by atoms with Gasteiger partial charge in [0.1, 0.15) is 5.69 Å². The van der Waals surface area contributed by atoms with Crippen LogP contribution >= 0.6 is 0 Å². The van der Waals surface area contributed by atoms with E-state index in [1.54, 1.807) is 18.6 Å². The lowest BCUT2D eigenvalue weighted by molar-refractivity contribution is 0.329. The molecule has 6 nitrogen and oxygen atoms in total. The van der Waals surface area contributed by atoms with Crippen LogP contribution in [0.5, 0.6) is 0 Å². The second-order valence-electron chi connectivity index (χ2n) is 4.71. The predicted molar refractivity (Wildman–Crippen MR) is 71.3 cm³/mol. The minimum atomic E-state index is 0.333. The number of likely N-dealkylation sites (N-methyl/N-ethyl adjacent to an activating group) is 1. The Morgan fingerprint density at radius 1 is 1.32 bits per heavy atom. The molecule has 0 spiro atoms. The third-order valence-electron chi connectivity index (χ3n) is 2.93. The van der Waals surface area contributed by atoms with E-state index in [1.165, 1.54) is 0 Å². The van der Waals surface area contributed by atoms with Gasteiger partial charge in [0.2, 0.25) is 11.7 Å². The topological polar surface area (TPSA) is 76.7 Å². The molecule has 19 heavy (non-hydrogen) atoms. The van der Waals surface area contributed by atoms with Crippen molar-refractivity contribution in [1.29, 1.82) is 0 Å². The van der Waals surface area contributed by atoms with Crippen molar-refractivity contribution >= 4 is 0 Å². The van der Waals surface area contributed by atoms with Crippen LogP contribution in [0.15, 0.2) is 23.1 Å². The Balaban J connectivity index is 2.09. The molecule has 0 saturated heterocycles. The first-order valence-corrected chi connectivity index (χ1v) is 6.53. The van der Waals surface area contributed by atoms with Gasteiger partial charge in [-0.05, 0) is 12.5 Å². The SMILES string of the molecule is CCNC(Cc1nc(-c2cnccn2)no1)C(C)C. The van der Waals surface area contributed by atoms with Crippen LogP contribution in [0.4, 0.5) is 0 Å². The van der Waals surface area contributed by atoms with Crippen LogP contribution in [0.25, 0.3) is 11.5 Å². The lowest BCUT2D eigenvalue weighted by Gasteiger charge is -2.19. The van der Waals surface area contributed by atoms with Crippen LogP contribution in [0.1, 0.15) is 26.7 Å². The Morgan fingerprint density at radius 3 is 2.79 bits per heavy atom. The molecule has 2 rings (SSSR count). The first-order chi connectivity index (χ1) is 9.20. The van der Waals surface area contributed by atoms with E-state index in [9.17, 15) is 0 Å². The number of nitrogens with one attached hydrogen (secondary N) is 1. The zero-order valence-corrected chi connectivity index (χ0v) is 11.5. The quantitative estimate of drug-likeness (QED) is 0.853. The van der Waals surface area contributed by atoms with E-state index < -0.39 is 0 Å². The van der Waals surface area contributed by atoms with Gasteiger partial charge in [0.25, 0.3) is 0 Å². The second kappa shape index (κ2) is 6.38. The van der Waals surface area contributed by atoms with E-state index in [0.29, 0.717) is 29.4 Å². The van der Waals surface area contributed by atoms with Crippen molar-refractivity contribution in [2.24, 2.45) is 5.92 Å². The molecule has 1 unspecified atom stereocenters. The van der Waals surface area contributed by atoms with Gasteiger partial charge in [0.05, 0.1) is 6.20 Å². The Bertz CT molecular complexity index is 497. The van der Waals surface area contributed by atoms with E-state index in [2.05, 4.69) is 46.2 Å². The molecule has 0 aliphatic heterocycles. The molecule has 2 heterocycles. The van der Waals surface area contributed by atoms with Crippen LogP contribution in [0.3, 0.4) is 0 Å². The molecule has 1 N–H and O–H groups in total. The van der Waals surface area contributed by atoms with E-state index in [4.69, 9.17) is 4.52 Å². The largest absolute Gasteiger partial charge is 0.339 e. The van der Waals surface area contributed by atoms with E-state index >= 15 is 0 Å². The van der Waals surface area contributed by atoms with Crippen LogP contribution in [0, 0.1) is 5.92 Å². The van der Waals surface area contributed by atoms with Gasteiger partial charge in [0.15, 0.2) is 0 Å². The third-order valence-corrected chi connectivity index (χ3v) is 2.93. The monoisotopic (exact) mass is 261 g/mol. The Morgan fingerprint density at radius 2 is 2.16 bits per heavy atom. The molecular formula is C13H19N5O. The number of hydrogen-bond donors (Lipinski definition) is 1. The molecule has 0 aliphatic rings. The lowest BCUT2D eigenvalue weighted by Crippen LogP contribution is -2.35. The van der Waals surface area contributed by atoms with Crippen LogP contribution in [-0.4, -0.2) is 32.7 Å². The van der Waals surface area contributed by atoms with Gasteiger partial charge in [-0.25, -0.2) is 4.98 Å². The third kappa shape index (κ3) is 3.57. The van der Waals surface area contributed by atoms with Gasteiger partial charge < -0.3 is 9.84 Å². The molecule has 0 bridgehead atoms. The van der Waals surface area contributed by atoms with Gasteiger partial charge in [0, 0.05) is 24.9 Å². The number of rotatable bonds is 6. The summed E-state index contributed by atoms with van der Waals surface area (Å²) in [4.78, 5) is 12.5. The molecule has 0 aliphatic carbocycles. The zero-order chi connectivity index (χ0) is 13.7. The number of aromatic nitrogens is 4. The molecule has 2 aromatic rings. The zero-order valence-electron chi connectivity index (χ0n) is 11.5. The summed E-state index contributed by atoms with van der Waals surface area (Å²) < 4.78 is 5.28. The molecule has 0 amide bonds. The lowest BCUT2D eigenvalue weighted by atomic mass is 10.0. The highest BCUT2D eigenvalue weighted by molar-refractivity contribution is 5.45. The average Bonchev–Trinajstić information content (AvgIpc) is 2.88. The van der Waals surface area contributed by atoms with Gasteiger partial charge in [-0.1, -0.05) is 25.9 Å². The minimum Gasteiger partial charge on any atom is -0.339 e. The van der Waals surface area contributed by atoms with Crippen molar-refractivity contribution in [1.82, 2.24) is 25.4 Å². The molecule has 1 atom stereocenters. The van der Waals surface area contributed by atoms with Gasteiger partial charge in [-0.2, -0.15) is 4.98 Å². The summed E-state index contributed by atoms with van der Waals surface area (Å²) in [5, 5.41) is 7.37. The number of hydrogen-bond acceptors (Lipinski definition) is 6. The van der Waals surface area contributed by atoms with Crippen molar-refractivity contribution in [3.8, 4) is 11.5 Å². The summed E-state index contributed by atoms with van der Waals surface area (Å²) in [6, 6.07) is 0.333. The molecular weight excluding hydrogens is 242 g/mol. The first kappa shape index (κ1) is 13.6. The van der Waals surface area contributed by atoms with Gasteiger partial charge in [-0.3, -0.25) is 4.98 Å². The summed E-state index contributed by atoms with van der Waals surface area (Å²) in [5.41, 5.74) is 0.627. The number of nitrogens with zero attached hydrogens (tertiary/aromatic N) is 4. The maximum absolute atomic E-state index is 5.28. The normalized spacial score (nSPS) is 12.8. The fraction of sp³-hybridized carbons (Fsp3) is 0.538. The van der Waals surface area contributed by atoms with Crippen LogP contribution < -0.4 is 5.32 Å². The summed E-state index contributed by atoms with van der Waals surface area (Å²) in [7, 11) is 0. The molecule has 0 saturated carbocycles. The van der Waals surface area contributed by atoms with E-state index in [-0.39, 0.29) is 0 Å². The van der Waals surface area contributed by atoms with Gasteiger partial charge >= 0.3 is 0 Å². The van der Waals surface area contributed by atoms with Crippen LogP contribution in [0.2, 0.25) is 0 Å². The van der Waals surface area contributed by atoms with Gasteiger partial charge in [-0.15, -0.1) is 0 Å². The van der Waals surface area contributed by atoms with E-state index in [0.717, 1.165) is 13.0 Å². The van der Waals surface area contributed by atoms with Crippen molar-refractivity contribution in [3.05, 3.63) is 24.5 Å². The fourth-order valence-corrected chi connectivity index (χ4v) is 1.85. The highest BCUT2D eigenvalue weighted by atomic mass is 16.5. The summed E-state index contributed by atoms with van der Waals surface area (Å²) >= 11 is 0. The highest BCUT2D eigenvalue weighted by Gasteiger charge is 2.17. The average molecular weight is 261 g/mol. The van der Waals surface area contributed by atoms with E-state index in [1.807, 2.05) is 0 Å². The maximum atomic E-state index is 5.28. The van der Waals surface area contributed by atoms with Crippen molar-refractivity contribution < 1.29 is 4.52 Å².